The van der Waals surface area contributed by atoms with Gasteiger partial charge in [0.15, 0.2) is 0 Å². The molecule has 0 fully saturated rings. The lowest BCUT2D eigenvalue weighted by molar-refractivity contribution is 0.562. The fourth-order valence-electron chi connectivity index (χ4n) is 1.03. The van der Waals surface area contributed by atoms with E-state index in [1.807, 2.05) is 0 Å². The average Bonchev–Trinajstić information content (AvgIpc) is 2.17. The molecule has 0 aliphatic heterocycles. The van der Waals surface area contributed by atoms with E-state index in [0.29, 0.717) is 5.56 Å². The number of aromatic nitrogens is 2. The quantitative estimate of drug-likeness (QED) is 0.622. The van der Waals surface area contributed by atoms with Gasteiger partial charge in [0.05, 0.1) is 5.52 Å². The third-order valence-electron chi connectivity index (χ3n) is 1.60. The maximum atomic E-state index is 10.3. The van der Waals surface area contributed by atoms with Crippen LogP contribution < -0.4 is 0 Å². The Kier molecular flexibility index (Phi) is 1.55. The molecule has 0 aliphatic rings. The van der Waals surface area contributed by atoms with Crippen molar-refractivity contribution in [3.8, 4) is 0 Å². The Hall–Kier alpha value is -1.77. The summed E-state index contributed by atoms with van der Waals surface area (Å²) in [5.41, 5.74) is 1.29. The normalized spacial score (nSPS) is 10.0. The predicted molar refractivity (Wildman–Crippen MR) is 44.3 cm³/mol. The van der Waals surface area contributed by atoms with Gasteiger partial charge in [-0.25, -0.2) is 0 Å². The van der Waals surface area contributed by atoms with Crippen molar-refractivity contribution < 1.29 is 4.79 Å². The average molecular weight is 157 g/mol. The van der Waals surface area contributed by atoms with Crippen molar-refractivity contribution in [2.45, 2.75) is 0 Å². The molecular formula is C9H5N2O. The largest absolute Gasteiger partial charge is 0.285 e. The Morgan fingerprint density at radius 2 is 2.25 bits per heavy atom. The van der Waals surface area contributed by atoms with Gasteiger partial charge in [-0.2, -0.15) is 0 Å². The van der Waals surface area contributed by atoms with Crippen LogP contribution in [0, 0.1) is 0 Å². The van der Waals surface area contributed by atoms with Crippen molar-refractivity contribution in [3.05, 3.63) is 36.3 Å². The van der Waals surface area contributed by atoms with Gasteiger partial charge in [-0.05, 0) is 12.1 Å². The molecule has 0 spiro atoms. The van der Waals surface area contributed by atoms with Crippen LogP contribution in [0.25, 0.3) is 10.9 Å². The summed E-state index contributed by atoms with van der Waals surface area (Å²) in [7, 11) is 0. The van der Waals surface area contributed by atoms with E-state index in [9.17, 15) is 4.79 Å². The molecule has 2 heterocycles. The molecule has 12 heavy (non-hydrogen) atoms. The molecule has 3 nitrogen and oxygen atoms in total. The van der Waals surface area contributed by atoms with Gasteiger partial charge in [0.25, 0.3) is 0 Å². The Morgan fingerprint density at radius 3 is 3.08 bits per heavy atom. The fourth-order valence-corrected chi connectivity index (χ4v) is 1.03. The Morgan fingerprint density at radius 1 is 1.33 bits per heavy atom. The topological polar surface area (TPSA) is 42.9 Å². The molecule has 3 heteroatoms. The van der Waals surface area contributed by atoms with Crippen LogP contribution in [-0.2, 0) is 4.79 Å². The van der Waals surface area contributed by atoms with Gasteiger partial charge in [-0.15, -0.1) is 0 Å². The summed E-state index contributed by atoms with van der Waals surface area (Å²) in [5, 5.41) is 0.860. The van der Waals surface area contributed by atoms with E-state index in [1.54, 1.807) is 30.8 Å². The number of hydrogen-bond acceptors (Lipinski definition) is 3. The van der Waals surface area contributed by atoms with E-state index in [1.165, 1.54) is 6.20 Å². The van der Waals surface area contributed by atoms with E-state index < -0.39 is 0 Å². The van der Waals surface area contributed by atoms with Crippen LogP contribution in [0.3, 0.4) is 0 Å². The zero-order valence-electron chi connectivity index (χ0n) is 6.19. The van der Waals surface area contributed by atoms with Crippen molar-refractivity contribution in [1.29, 1.82) is 0 Å². The highest BCUT2D eigenvalue weighted by Gasteiger charge is 1.95. The van der Waals surface area contributed by atoms with Crippen molar-refractivity contribution in [2.75, 3.05) is 0 Å². The molecule has 0 saturated carbocycles. The molecule has 2 rings (SSSR count). The van der Waals surface area contributed by atoms with Gasteiger partial charge >= 0.3 is 0 Å². The molecule has 0 aromatic carbocycles. The van der Waals surface area contributed by atoms with Crippen molar-refractivity contribution >= 4 is 17.2 Å². The number of pyridine rings is 2. The molecule has 0 saturated heterocycles. The van der Waals surface area contributed by atoms with Gasteiger partial charge in [-0.1, -0.05) is 0 Å². The first kappa shape index (κ1) is 6.91. The fraction of sp³-hybridized carbons (Fsp3) is 0. The summed E-state index contributed by atoms with van der Waals surface area (Å²) in [6.07, 6.45) is 6.61. The SMILES string of the molecule is O=[C]c1cnc2ccncc2c1. The second-order valence-electron chi connectivity index (χ2n) is 2.39. The zero-order chi connectivity index (χ0) is 8.39. The lowest BCUT2D eigenvalue weighted by Crippen LogP contribution is -1.84. The minimum Gasteiger partial charge on any atom is -0.285 e. The highest BCUT2D eigenvalue weighted by molar-refractivity contribution is 5.85. The van der Waals surface area contributed by atoms with E-state index >= 15 is 0 Å². The molecule has 0 amide bonds. The monoisotopic (exact) mass is 157 g/mol. The first-order valence-corrected chi connectivity index (χ1v) is 3.48. The number of rotatable bonds is 1. The minimum atomic E-state index is 0.454. The second kappa shape index (κ2) is 2.70. The van der Waals surface area contributed by atoms with Crippen LogP contribution in [-0.4, -0.2) is 16.3 Å². The summed E-state index contributed by atoms with van der Waals surface area (Å²) < 4.78 is 0. The lowest BCUT2D eigenvalue weighted by atomic mass is 10.2. The second-order valence-corrected chi connectivity index (χ2v) is 2.39. The maximum absolute atomic E-state index is 10.3. The molecule has 2 aromatic rings. The van der Waals surface area contributed by atoms with Crippen molar-refractivity contribution in [1.82, 2.24) is 9.97 Å². The van der Waals surface area contributed by atoms with Gasteiger partial charge < -0.3 is 0 Å². The molecule has 2 aromatic heterocycles. The summed E-state index contributed by atoms with van der Waals surface area (Å²) in [6.45, 7) is 0. The summed E-state index contributed by atoms with van der Waals surface area (Å²) in [6, 6.07) is 3.51. The lowest BCUT2D eigenvalue weighted by Gasteiger charge is -1.94. The predicted octanol–water partition coefficient (Wildman–Crippen LogP) is 1.09. The summed E-state index contributed by atoms with van der Waals surface area (Å²) in [5.74, 6) is 0. The van der Waals surface area contributed by atoms with Crippen LogP contribution >= 0.6 is 0 Å². The first-order chi connectivity index (χ1) is 5.90. The Labute approximate surface area is 69.1 Å². The molecule has 0 N–H and O–H groups in total. The highest BCUT2D eigenvalue weighted by atomic mass is 16.1. The summed E-state index contributed by atoms with van der Waals surface area (Å²) >= 11 is 0. The van der Waals surface area contributed by atoms with Crippen LogP contribution in [0.4, 0.5) is 0 Å². The Balaban J connectivity index is 2.75. The van der Waals surface area contributed by atoms with Gasteiger partial charge in [0.1, 0.15) is 0 Å². The molecule has 1 radical (unpaired) electrons. The molecule has 0 unspecified atom stereocenters. The molecule has 0 bridgehead atoms. The van der Waals surface area contributed by atoms with E-state index in [-0.39, 0.29) is 0 Å². The van der Waals surface area contributed by atoms with Gasteiger partial charge in [-0.3, -0.25) is 14.8 Å². The number of hydrogen-bond donors (Lipinski definition) is 0. The minimum absolute atomic E-state index is 0.454. The number of nitrogens with zero attached hydrogens (tertiary/aromatic N) is 2. The third-order valence-corrected chi connectivity index (χ3v) is 1.60. The van der Waals surface area contributed by atoms with E-state index in [0.717, 1.165) is 10.9 Å². The summed E-state index contributed by atoms with van der Waals surface area (Å²) in [4.78, 5) is 18.2. The van der Waals surface area contributed by atoms with Crippen molar-refractivity contribution in [3.63, 3.8) is 0 Å². The smallest absolute Gasteiger partial charge is 0.235 e. The molecular weight excluding hydrogens is 152 g/mol. The molecule has 0 aliphatic carbocycles. The third kappa shape index (κ3) is 1.05. The van der Waals surface area contributed by atoms with Crippen LogP contribution in [0.5, 0.6) is 0 Å². The molecule has 0 atom stereocenters. The van der Waals surface area contributed by atoms with Gasteiger partial charge in [0, 0.05) is 29.5 Å². The van der Waals surface area contributed by atoms with Crippen LogP contribution in [0.1, 0.15) is 5.56 Å². The number of fused-ring (bicyclic) bond motifs is 1. The molecule has 57 valence electrons. The van der Waals surface area contributed by atoms with E-state index in [4.69, 9.17) is 0 Å². The van der Waals surface area contributed by atoms with Gasteiger partial charge in [0.2, 0.25) is 6.29 Å². The van der Waals surface area contributed by atoms with Crippen LogP contribution in [0.15, 0.2) is 30.7 Å². The van der Waals surface area contributed by atoms with E-state index in [2.05, 4.69) is 9.97 Å². The number of carbonyl (C=O) groups excluding carboxylic acids is 1. The van der Waals surface area contributed by atoms with Crippen molar-refractivity contribution in [2.24, 2.45) is 0 Å². The first-order valence-electron chi connectivity index (χ1n) is 3.48. The standard InChI is InChI=1S/C9H5N2O/c12-6-7-3-8-5-10-2-1-9(8)11-4-7/h1-5H. The van der Waals surface area contributed by atoms with Crippen LogP contribution in [0.2, 0.25) is 0 Å². The Bertz CT molecular complexity index is 426. The highest BCUT2D eigenvalue weighted by Crippen LogP contribution is 2.09. The zero-order valence-corrected chi connectivity index (χ0v) is 6.19. The maximum Gasteiger partial charge on any atom is 0.235 e.